The number of rotatable bonds is 4. The zero-order valence-electron chi connectivity index (χ0n) is 15.4. The zero-order valence-corrected chi connectivity index (χ0v) is 16.9. The number of ether oxygens (including phenoxy) is 1. The molecule has 0 saturated heterocycles. The molecule has 0 spiro atoms. The summed E-state index contributed by atoms with van der Waals surface area (Å²) in [5.41, 5.74) is 2.89. The third-order valence-corrected chi connectivity index (χ3v) is 4.47. The van der Waals surface area contributed by atoms with Crippen LogP contribution in [0.2, 0.25) is 5.02 Å². The van der Waals surface area contributed by atoms with Crippen LogP contribution >= 0.6 is 23.8 Å². The predicted molar refractivity (Wildman–Crippen MR) is 111 cm³/mol. The van der Waals surface area contributed by atoms with Crippen molar-refractivity contribution in [2.24, 2.45) is 0 Å². The van der Waals surface area contributed by atoms with Gasteiger partial charge in [0.15, 0.2) is 11.7 Å². The number of carbonyl (C=O) groups excluding carboxylic acids is 1. The number of benzene rings is 2. The van der Waals surface area contributed by atoms with Crippen molar-refractivity contribution >= 4 is 40.5 Å². The van der Waals surface area contributed by atoms with E-state index in [0.717, 1.165) is 11.3 Å². The first-order valence-corrected chi connectivity index (χ1v) is 9.05. The molecule has 2 rings (SSSR count). The first-order chi connectivity index (χ1) is 12.2. The van der Waals surface area contributed by atoms with E-state index in [0.29, 0.717) is 10.8 Å². The minimum Gasteiger partial charge on any atom is -0.484 e. The van der Waals surface area contributed by atoms with Crippen molar-refractivity contribution in [2.45, 2.75) is 33.1 Å². The number of hydrogen-bond donors (Lipinski definition) is 2. The molecule has 2 aromatic carbocycles. The standard InChI is InChI=1S/C20H23ClN2O2S/c1-13-16(21)6-5-7-17(13)22-19(26)23-18(24)12-25-15-10-8-14(9-11-15)20(2,3)4/h5-11H,12H2,1-4H3,(H2,22,23,24,26). The Morgan fingerprint density at radius 3 is 2.42 bits per heavy atom. The topological polar surface area (TPSA) is 50.4 Å². The molecule has 0 aliphatic carbocycles. The molecule has 1 amide bonds. The molecule has 0 fully saturated rings. The Hall–Kier alpha value is -2.11. The Bertz CT molecular complexity index is 798. The molecule has 0 radical (unpaired) electrons. The fourth-order valence-electron chi connectivity index (χ4n) is 2.26. The van der Waals surface area contributed by atoms with Crippen molar-refractivity contribution in [1.82, 2.24) is 5.32 Å². The molecular weight excluding hydrogens is 368 g/mol. The smallest absolute Gasteiger partial charge is 0.264 e. The van der Waals surface area contributed by atoms with E-state index in [-0.39, 0.29) is 23.0 Å². The molecule has 0 heterocycles. The summed E-state index contributed by atoms with van der Waals surface area (Å²) in [7, 11) is 0. The molecule has 6 heteroatoms. The van der Waals surface area contributed by atoms with Gasteiger partial charge in [0.05, 0.1) is 0 Å². The Balaban J connectivity index is 1.85. The van der Waals surface area contributed by atoms with Crippen molar-refractivity contribution in [3.05, 3.63) is 58.6 Å². The second-order valence-electron chi connectivity index (χ2n) is 6.98. The molecule has 0 aliphatic rings. The molecule has 138 valence electrons. The number of carbonyl (C=O) groups is 1. The summed E-state index contributed by atoms with van der Waals surface area (Å²) < 4.78 is 5.51. The van der Waals surface area contributed by atoms with Gasteiger partial charge in [-0.15, -0.1) is 0 Å². The summed E-state index contributed by atoms with van der Waals surface area (Å²) in [5.74, 6) is 0.305. The maximum absolute atomic E-state index is 12.0. The Morgan fingerprint density at radius 2 is 1.81 bits per heavy atom. The van der Waals surface area contributed by atoms with E-state index in [2.05, 4.69) is 31.4 Å². The normalized spacial score (nSPS) is 11.0. The average molecular weight is 391 g/mol. The van der Waals surface area contributed by atoms with Gasteiger partial charge >= 0.3 is 0 Å². The van der Waals surface area contributed by atoms with E-state index in [1.807, 2.05) is 43.3 Å². The molecule has 0 saturated carbocycles. The number of thiocarbonyl (C=S) groups is 1. The summed E-state index contributed by atoms with van der Waals surface area (Å²) in [6.07, 6.45) is 0. The second kappa shape index (κ2) is 8.52. The number of anilines is 1. The minimum absolute atomic E-state index is 0.0756. The average Bonchev–Trinajstić information content (AvgIpc) is 2.57. The van der Waals surface area contributed by atoms with Crippen molar-refractivity contribution in [1.29, 1.82) is 0 Å². The third-order valence-electron chi connectivity index (χ3n) is 3.86. The van der Waals surface area contributed by atoms with E-state index in [1.54, 1.807) is 6.07 Å². The maximum Gasteiger partial charge on any atom is 0.264 e. The van der Waals surface area contributed by atoms with E-state index in [1.165, 1.54) is 5.56 Å². The number of amides is 1. The molecule has 0 unspecified atom stereocenters. The summed E-state index contributed by atoms with van der Waals surface area (Å²) in [5, 5.41) is 6.39. The van der Waals surface area contributed by atoms with Crippen LogP contribution in [0.3, 0.4) is 0 Å². The van der Waals surface area contributed by atoms with E-state index in [9.17, 15) is 4.79 Å². The van der Waals surface area contributed by atoms with Crippen molar-refractivity contribution in [3.63, 3.8) is 0 Å². The summed E-state index contributed by atoms with van der Waals surface area (Å²) in [6.45, 7) is 8.19. The van der Waals surface area contributed by atoms with Gasteiger partial charge in [0.2, 0.25) is 0 Å². The minimum atomic E-state index is -0.331. The van der Waals surface area contributed by atoms with Gasteiger partial charge in [-0.05, 0) is 59.9 Å². The Morgan fingerprint density at radius 1 is 1.15 bits per heavy atom. The van der Waals surface area contributed by atoms with E-state index >= 15 is 0 Å². The highest BCUT2D eigenvalue weighted by Crippen LogP contribution is 2.24. The molecule has 0 bridgehead atoms. The van der Waals surface area contributed by atoms with Crippen LogP contribution in [0.15, 0.2) is 42.5 Å². The van der Waals surface area contributed by atoms with Gasteiger partial charge in [0.25, 0.3) is 5.91 Å². The van der Waals surface area contributed by atoms with Crippen molar-refractivity contribution < 1.29 is 9.53 Å². The van der Waals surface area contributed by atoms with Gasteiger partial charge in [-0.2, -0.15) is 0 Å². The largest absolute Gasteiger partial charge is 0.484 e. The summed E-state index contributed by atoms with van der Waals surface area (Å²) in [6, 6.07) is 13.2. The third kappa shape index (κ3) is 5.71. The van der Waals surface area contributed by atoms with Crippen LogP contribution in [0.25, 0.3) is 0 Å². The molecule has 4 nitrogen and oxygen atoms in total. The van der Waals surface area contributed by atoms with Crippen LogP contribution < -0.4 is 15.4 Å². The molecule has 0 atom stereocenters. The quantitative estimate of drug-likeness (QED) is 0.733. The van der Waals surface area contributed by atoms with Gasteiger partial charge < -0.3 is 10.1 Å². The van der Waals surface area contributed by atoms with Crippen LogP contribution in [0, 0.1) is 6.92 Å². The van der Waals surface area contributed by atoms with E-state index < -0.39 is 0 Å². The van der Waals surface area contributed by atoms with Gasteiger partial charge in [-0.25, -0.2) is 0 Å². The van der Waals surface area contributed by atoms with Crippen molar-refractivity contribution in [2.75, 3.05) is 11.9 Å². The lowest BCUT2D eigenvalue weighted by Crippen LogP contribution is -2.37. The lowest BCUT2D eigenvalue weighted by molar-refractivity contribution is -0.121. The summed E-state index contributed by atoms with van der Waals surface area (Å²) in [4.78, 5) is 12.0. The molecular formula is C20H23ClN2O2S. The molecule has 2 aromatic rings. The van der Waals surface area contributed by atoms with E-state index in [4.69, 9.17) is 28.6 Å². The molecule has 0 aromatic heterocycles. The number of nitrogens with one attached hydrogen (secondary N) is 2. The van der Waals surface area contributed by atoms with Gasteiger partial charge in [0, 0.05) is 10.7 Å². The van der Waals surface area contributed by atoms with Gasteiger partial charge in [0.1, 0.15) is 5.75 Å². The van der Waals surface area contributed by atoms with Gasteiger partial charge in [-0.1, -0.05) is 50.6 Å². The first-order valence-electron chi connectivity index (χ1n) is 8.26. The number of hydrogen-bond acceptors (Lipinski definition) is 3. The highest BCUT2D eigenvalue weighted by atomic mass is 35.5. The van der Waals surface area contributed by atoms with Crippen LogP contribution in [-0.2, 0) is 10.2 Å². The highest BCUT2D eigenvalue weighted by molar-refractivity contribution is 7.80. The lowest BCUT2D eigenvalue weighted by Gasteiger charge is -2.19. The highest BCUT2D eigenvalue weighted by Gasteiger charge is 2.13. The Labute approximate surface area is 164 Å². The van der Waals surface area contributed by atoms with Gasteiger partial charge in [-0.3, -0.25) is 10.1 Å². The first kappa shape index (κ1) is 20.2. The second-order valence-corrected chi connectivity index (χ2v) is 7.79. The SMILES string of the molecule is Cc1c(Cl)cccc1NC(=S)NC(=O)COc1ccc(C(C)(C)C)cc1. The van der Waals surface area contributed by atoms with Crippen LogP contribution in [0.5, 0.6) is 5.75 Å². The monoisotopic (exact) mass is 390 g/mol. The van der Waals surface area contributed by atoms with Crippen LogP contribution in [0.1, 0.15) is 31.9 Å². The number of halogens is 1. The van der Waals surface area contributed by atoms with Crippen molar-refractivity contribution in [3.8, 4) is 5.75 Å². The fourth-order valence-corrected chi connectivity index (χ4v) is 2.66. The fraction of sp³-hybridized carbons (Fsp3) is 0.300. The Kier molecular flexibility index (Phi) is 6.62. The zero-order chi connectivity index (χ0) is 19.3. The van der Waals surface area contributed by atoms with Crippen LogP contribution in [-0.4, -0.2) is 17.6 Å². The molecule has 2 N–H and O–H groups in total. The molecule has 0 aliphatic heterocycles. The summed E-state index contributed by atoms with van der Waals surface area (Å²) >= 11 is 11.2. The molecule has 26 heavy (non-hydrogen) atoms. The lowest BCUT2D eigenvalue weighted by atomic mass is 9.87. The maximum atomic E-state index is 12.0. The van der Waals surface area contributed by atoms with Crippen LogP contribution in [0.4, 0.5) is 5.69 Å². The predicted octanol–water partition coefficient (Wildman–Crippen LogP) is 4.84.